The summed E-state index contributed by atoms with van der Waals surface area (Å²) in [6.07, 6.45) is 0. The zero-order valence-electron chi connectivity index (χ0n) is 9.16. The maximum atomic E-state index is 12.0. The molecule has 0 spiro atoms. The summed E-state index contributed by atoms with van der Waals surface area (Å²) in [6.45, 7) is 0. The van der Waals surface area contributed by atoms with Crippen LogP contribution in [0.3, 0.4) is 0 Å². The minimum Gasteiger partial charge on any atom is -0.456 e. The van der Waals surface area contributed by atoms with Crippen molar-refractivity contribution in [2.45, 2.75) is 0 Å². The number of hydrogen-bond donors (Lipinski definition) is 0. The molecule has 0 fully saturated rings. The van der Waals surface area contributed by atoms with E-state index in [0.29, 0.717) is 21.9 Å². The van der Waals surface area contributed by atoms with E-state index in [1.807, 2.05) is 36.4 Å². The maximum absolute atomic E-state index is 12.0. The maximum Gasteiger partial charge on any atom is 0.200 e. The van der Waals surface area contributed by atoms with Crippen LogP contribution in [0.4, 0.5) is 0 Å². The molecule has 3 aromatic rings. The summed E-state index contributed by atoms with van der Waals surface area (Å²) >= 11 is 0. The van der Waals surface area contributed by atoms with E-state index < -0.39 is 0 Å². The highest BCUT2D eigenvalue weighted by molar-refractivity contribution is 5.89. The second kappa shape index (κ2) is 6.64. The van der Waals surface area contributed by atoms with Crippen molar-refractivity contribution >= 4 is 59.2 Å². The number of benzene rings is 2. The molecule has 0 radical (unpaired) electrons. The average Bonchev–Trinajstić information content (AvgIpc) is 2.30. The van der Waals surface area contributed by atoms with Crippen LogP contribution in [0.25, 0.3) is 21.9 Å². The zero-order valence-corrected chi connectivity index (χ0v) is 11.6. The summed E-state index contributed by atoms with van der Waals surface area (Å²) in [6, 6.07) is 14.6. The summed E-state index contributed by atoms with van der Waals surface area (Å²) in [4.78, 5) is 12.0. The Kier molecular flexibility index (Phi) is 6.19. The molecule has 18 heavy (non-hydrogen) atoms. The van der Waals surface area contributed by atoms with Gasteiger partial charge in [0.05, 0.1) is 10.8 Å². The van der Waals surface area contributed by atoms with Crippen LogP contribution in [0.2, 0.25) is 0 Å². The Morgan fingerprint density at radius 2 is 1.06 bits per heavy atom. The molecule has 1 heterocycles. The second-order valence-electron chi connectivity index (χ2n) is 3.42. The molecule has 0 aliphatic rings. The van der Waals surface area contributed by atoms with Crippen molar-refractivity contribution in [3.8, 4) is 0 Å². The molecule has 3 rings (SSSR count). The molecule has 2 nitrogen and oxygen atoms in total. The lowest BCUT2D eigenvalue weighted by Crippen LogP contribution is -2.01. The highest BCUT2D eigenvalue weighted by Crippen LogP contribution is 2.17. The van der Waals surface area contributed by atoms with E-state index in [4.69, 9.17) is 4.42 Å². The Labute approximate surface area is 122 Å². The summed E-state index contributed by atoms with van der Waals surface area (Å²) in [5, 5.41) is 1.27. The van der Waals surface area contributed by atoms with Gasteiger partial charge < -0.3 is 4.42 Å². The molecule has 96 valence electrons. The van der Waals surface area contributed by atoms with Gasteiger partial charge in [-0.25, -0.2) is 0 Å². The molecule has 0 N–H and O–H groups in total. The lowest BCUT2D eigenvalue weighted by Gasteiger charge is -1.99. The lowest BCUT2D eigenvalue weighted by molar-refractivity contribution is 0.660. The highest BCUT2D eigenvalue weighted by atomic mass is 35.5. The SMILES string of the molecule is Cl.Cl.Cl.O=c1c2ccccc2oc2ccccc12. The number of halogens is 3. The first kappa shape index (κ1) is 16.8. The summed E-state index contributed by atoms with van der Waals surface area (Å²) in [7, 11) is 0. The van der Waals surface area contributed by atoms with Crippen LogP contribution in [-0.4, -0.2) is 0 Å². The van der Waals surface area contributed by atoms with Crippen LogP contribution in [0, 0.1) is 0 Å². The van der Waals surface area contributed by atoms with Crippen molar-refractivity contribution < 1.29 is 4.42 Å². The Morgan fingerprint density at radius 1 is 0.667 bits per heavy atom. The van der Waals surface area contributed by atoms with Crippen LogP contribution in [0.15, 0.2) is 57.7 Å². The van der Waals surface area contributed by atoms with Gasteiger partial charge in [0.25, 0.3) is 0 Å². The highest BCUT2D eigenvalue weighted by Gasteiger charge is 2.04. The number of hydrogen-bond acceptors (Lipinski definition) is 2. The van der Waals surface area contributed by atoms with E-state index in [1.54, 1.807) is 12.1 Å². The first-order valence-corrected chi connectivity index (χ1v) is 4.77. The van der Waals surface area contributed by atoms with Crippen LogP contribution >= 0.6 is 37.2 Å². The predicted octanol–water partition coefficient (Wildman–Crippen LogP) is 4.21. The van der Waals surface area contributed by atoms with Gasteiger partial charge in [-0.05, 0) is 24.3 Å². The molecule has 0 amide bonds. The van der Waals surface area contributed by atoms with Gasteiger partial charge in [0, 0.05) is 0 Å². The minimum absolute atomic E-state index is 0. The molecule has 1 aromatic heterocycles. The van der Waals surface area contributed by atoms with E-state index >= 15 is 0 Å². The summed E-state index contributed by atoms with van der Waals surface area (Å²) in [5.74, 6) is 0. The van der Waals surface area contributed by atoms with Gasteiger partial charge in [0.15, 0.2) is 0 Å². The van der Waals surface area contributed by atoms with Crippen molar-refractivity contribution in [1.82, 2.24) is 0 Å². The minimum atomic E-state index is 0. The molecule has 0 unspecified atom stereocenters. The Bertz CT molecular complexity index is 650. The van der Waals surface area contributed by atoms with Gasteiger partial charge >= 0.3 is 0 Å². The quantitative estimate of drug-likeness (QED) is 0.582. The van der Waals surface area contributed by atoms with Gasteiger partial charge in [-0.2, -0.15) is 0 Å². The number of para-hydroxylation sites is 2. The molecule has 2 aromatic carbocycles. The summed E-state index contributed by atoms with van der Waals surface area (Å²) in [5.41, 5.74) is 1.31. The van der Waals surface area contributed by atoms with Crippen molar-refractivity contribution in [3.63, 3.8) is 0 Å². The fourth-order valence-corrected chi connectivity index (χ4v) is 1.75. The van der Waals surface area contributed by atoms with Gasteiger partial charge in [0.1, 0.15) is 11.2 Å². The van der Waals surface area contributed by atoms with Crippen LogP contribution in [-0.2, 0) is 0 Å². The topological polar surface area (TPSA) is 30.2 Å². The van der Waals surface area contributed by atoms with Crippen molar-refractivity contribution in [2.24, 2.45) is 0 Å². The number of rotatable bonds is 0. The molecular weight excluding hydrogens is 295 g/mol. The lowest BCUT2D eigenvalue weighted by atomic mass is 10.1. The monoisotopic (exact) mass is 304 g/mol. The van der Waals surface area contributed by atoms with E-state index in [0.717, 1.165) is 0 Å². The molecule has 0 aliphatic carbocycles. The Balaban J connectivity index is 0.000000963. The van der Waals surface area contributed by atoms with E-state index in [9.17, 15) is 4.79 Å². The fraction of sp³-hybridized carbons (Fsp3) is 0. The Hall–Kier alpha value is -1.22. The average molecular weight is 306 g/mol. The Morgan fingerprint density at radius 3 is 1.50 bits per heavy atom. The molecule has 0 aliphatic heterocycles. The summed E-state index contributed by atoms with van der Waals surface area (Å²) < 4.78 is 5.63. The van der Waals surface area contributed by atoms with Crippen molar-refractivity contribution in [3.05, 3.63) is 58.8 Å². The van der Waals surface area contributed by atoms with Crippen LogP contribution < -0.4 is 5.43 Å². The van der Waals surface area contributed by atoms with E-state index in [2.05, 4.69) is 0 Å². The molecule has 0 saturated heterocycles. The molecule has 0 bridgehead atoms. The standard InChI is InChI=1S/C13H8O2.3ClH/c14-13-9-5-1-3-7-11(9)15-12-8-4-2-6-10(12)13;;;/h1-8H;3*1H. The zero-order chi connectivity index (χ0) is 10.3. The van der Waals surface area contributed by atoms with Crippen molar-refractivity contribution in [1.29, 1.82) is 0 Å². The molecule has 5 heteroatoms. The smallest absolute Gasteiger partial charge is 0.200 e. The molecular formula is C13H11Cl3O2. The largest absolute Gasteiger partial charge is 0.456 e. The van der Waals surface area contributed by atoms with Crippen LogP contribution in [0.5, 0.6) is 0 Å². The molecule has 0 saturated carbocycles. The van der Waals surface area contributed by atoms with Gasteiger partial charge in [-0.1, -0.05) is 24.3 Å². The third-order valence-electron chi connectivity index (χ3n) is 2.48. The normalized spacial score (nSPS) is 9.11. The van der Waals surface area contributed by atoms with E-state index in [-0.39, 0.29) is 42.6 Å². The third kappa shape index (κ3) is 2.61. The molecule has 0 atom stereocenters. The van der Waals surface area contributed by atoms with Gasteiger partial charge in [-0.3, -0.25) is 4.79 Å². The first-order valence-electron chi connectivity index (χ1n) is 4.77. The van der Waals surface area contributed by atoms with E-state index in [1.165, 1.54) is 0 Å². The van der Waals surface area contributed by atoms with Crippen LogP contribution in [0.1, 0.15) is 0 Å². The third-order valence-corrected chi connectivity index (χ3v) is 2.48. The first-order chi connectivity index (χ1) is 7.36. The van der Waals surface area contributed by atoms with Gasteiger partial charge in [-0.15, -0.1) is 37.2 Å². The predicted molar refractivity (Wildman–Crippen MR) is 81.7 cm³/mol. The number of fused-ring (bicyclic) bond motifs is 2. The second-order valence-corrected chi connectivity index (χ2v) is 3.42. The van der Waals surface area contributed by atoms with Crippen molar-refractivity contribution in [2.75, 3.05) is 0 Å². The van der Waals surface area contributed by atoms with Gasteiger partial charge in [0.2, 0.25) is 5.43 Å². The fourth-order valence-electron chi connectivity index (χ4n) is 1.75.